The van der Waals surface area contributed by atoms with E-state index >= 15 is 0 Å². The number of aromatic nitrogens is 1. The first kappa shape index (κ1) is 18.7. The molecule has 0 aliphatic carbocycles. The van der Waals surface area contributed by atoms with Gasteiger partial charge in [-0.25, -0.2) is 4.79 Å². The van der Waals surface area contributed by atoms with Crippen LogP contribution in [0, 0.1) is 0 Å². The smallest absolute Gasteiger partial charge is 0.339 e. The van der Waals surface area contributed by atoms with Crippen LogP contribution < -0.4 is 9.64 Å². The highest BCUT2D eigenvalue weighted by molar-refractivity contribution is 5.76. The summed E-state index contributed by atoms with van der Waals surface area (Å²) in [6.45, 7) is 1.07. The average Bonchev–Trinajstić information content (AvgIpc) is 3.14. The largest absolute Gasteiger partial charge is 0.492 e. The first-order chi connectivity index (χ1) is 13.1. The number of ether oxygens (including phenoxy) is 3. The first-order valence-electron chi connectivity index (χ1n) is 8.52. The molecule has 7 nitrogen and oxygen atoms in total. The van der Waals surface area contributed by atoms with Gasteiger partial charge in [0, 0.05) is 14.2 Å². The normalized spacial score (nSPS) is 12.0. The third-order valence-electron chi connectivity index (χ3n) is 4.14. The SMILES string of the molecule is COC(=O)C(OC)c1ccc(OCCN(C)c2nc3ccccc3o2)cc1. The number of benzene rings is 2. The Labute approximate surface area is 157 Å². The molecular formula is C20H22N2O5. The van der Waals surface area contributed by atoms with Gasteiger partial charge in [-0.2, -0.15) is 4.98 Å². The lowest BCUT2D eigenvalue weighted by Gasteiger charge is -2.16. The molecule has 1 heterocycles. The predicted molar refractivity (Wildman–Crippen MR) is 101 cm³/mol. The van der Waals surface area contributed by atoms with Crippen molar-refractivity contribution in [3.8, 4) is 5.75 Å². The van der Waals surface area contributed by atoms with Gasteiger partial charge in [0.15, 0.2) is 11.7 Å². The van der Waals surface area contributed by atoms with E-state index in [1.807, 2.05) is 36.2 Å². The number of oxazole rings is 1. The quantitative estimate of drug-likeness (QED) is 0.564. The molecule has 0 saturated carbocycles. The maximum Gasteiger partial charge on any atom is 0.339 e. The van der Waals surface area contributed by atoms with E-state index in [1.165, 1.54) is 14.2 Å². The number of carbonyl (C=O) groups is 1. The van der Waals surface area contributed by atoms with E-state index in [-0.39, 0.29) is 0 Å². The summed E-state index contributed by atoms with van der Waals surface area (Å²) < 4.78 is 21.4. The summed E-state index contributed by atoms with van der Waals surface area (Å²) in [5, 5.41) is 0. The Morgan fingerprint density at radius 1 is 1.15 bits per heavy atom. The minimum absolute atomic E-state index is 0.439. The number of fused-ring (bicyclic) bond motifs is 1. The van der Waals surface area contributed by atoms with Crippen molar-refractivity contribution in [2.45, 2.75) is 6.10 Å². The van der Waals surface area contributed by atoms with Crippen LogP contribution in [-0.4, -0.2) is 45.4 Å². The minimum Gasteiger partial charge on any atom is -0.492 e. The zero-order valence-corrected chi connectivity index (χ0v) is 15.5. The molecule has 0 N–H and O–H groups in total. The van der Waals surface area contributed by atoms with E-state index in [1.54, 1.807) is 24.3 Å². The van der Waals surface area contributed by atoms with Crippen molar-refractivity contribution in [1.29, 1.82) is 0 Å². The lowest BCUT2D eigenvalue weighted by atomic mass is 10.1. The second kappa shape index (κ2) is 8.55. The van der Waals surface area contributed by atoms with E-state index in [0.717, 1.165) is 11.1 Å². The van der Waals surface area contributed by atoms with Crippen LogP contribution >= 0.6 is 0 Å². The molecule has 7 heteroatoms. The summed E-state index contributed by atoms with van der Waals surface area (Å²) in [7, 11) is 4.70. The van der Waals surface area contributed by atoms with Crippen LogP contribution in [0.5, 0.6) is 5.75 Å². The standard InChI is InChI=1S/C20H22N2O5/c1-22(20-21-16-6-4-5-7-17(16)27-20)12-13-26-15-10-8-14(9-11-15)18(24-2)19(23)25-3/h4-11,18H,12-13H2,1-3H3. The van der Waals surface area contributed by atoms with Crippen LogP contribution in [0.1, 0.15) is 11.7 Å². The number of hydrogen-bond acceptors (Lipinski definition) is 7. The zero-order chi connectivity index (χ0) is 19.2. The molecule has 27 heavy (non-hydrogen) atoms. The third-order valence-corrected chi connectivity index (χ3v) is 4.14. The molecular weight excluding hydrogens is 348 g/mol. The van der Waals surface area contributed by atoms with Crippen molar-refractivity contribution in [3.63, 3.8) is 0 Å². The summed E-state index contributed by atoms with van der Waals surface area (Å²) in [6, 6.07) is 15.4. The number of nitrogens with zero attached hydrogens (tertiary/aromatic N) is 2. The van der Waals surface area contributed by atoms with Gasteiger partial charge in [0.25, 0.3) is 6.01 Å². The molecule has 1 aromatic heterocycles. The molecule has 0 aliphatic rings. The second-order valence-corrected chi connectivity index (χ2v) is 5.94. The van der Waals surface area contributed by atoms with E-state index in [9.17, 15) is 4.79 Å². The molecule has 0 bridgehead atoms. The Bertz CT molecular complexity index is 858. The van der Waals surface area contributed by atoms with Crippen molar-refractivity contribution in [2.75, 3.05) is 39.3 Å². The average molecular weight is 370 g/mol. The molecule has 0 spiro atoms. The molecule has 0 fully saturated rings. The predicted octanol–water partition coefficient (Wildman–Crippen LogP) is 3.20. The molecule has 0 amide bonds. The molecule has 1 atom stereocenters. The van der Waals surface area contributed by atoms with Crippen molar-refractivity contribution in [2.24, 2.45) is 0 Å². The number of likely N-dealkylation sites (N-methyl/N-ethyl adjacent to an activating group) is 1. The molecule has 1 unspecified atom stereocenters. The Balaban J connectivity index is 1.54. The molecule has 0 radical (unpaired) electrons. The zero-order valence-electron chi connectivity index (χ0n) is 15.5. The second-order valence-electron chi connectivity index (χ2n) is 5.94. The van der Waals surface area contributed by atoms with Gasteiger partial charge in [-0.05, 0) is 29.8 Å². The van der Waals surface area contributed by atoms with Crippen LogP contribution in [0.3, 0.4) is 0 Å². The van der Waals surface area contributed by atoms with Crippen LogP contribution in [0.15, 0.2) is 52.9 Å². The van der Waals surface area contributed by atoms with Gasteiger partial charge in [-0.15, -0.1) is 0 Å². The number of para-hydroxylation sites is 2. The fraction of sp³-hybridized carbons (Fsp3) is 0.300. The topological polar surface area (TPSA) is 74.0 Å². The van der Waals surface area contributed by atoms with Crippen LogP contribution in [0.4, 0.5) is 6.01 Å². The fourth-order valence-corrected chi connectivity index (χ4v) is 2.63. The van der Waals surface area contributed by atoms with Crippen molar-refractivity contribution in [1.82, 2.24) is 4.98 Å². The summed E-state index contributed by atoms with van der Waals surface area (Å²) >= 11 is 0. The Hall–Kier alpha value is -3.06. The molecule has 0 saturated heterocycles. The summed E-state index contributed by atoms with van der Waals surface area (Å²) in [6.07, 6.45) is -0.741. The highest BCUT2D eigenvalue weighted by Gasteiger charge is 2.20. The number of rotatable bonds is 8. The molecule has 142 valence electrons. The minimum atomic E-state index is -0.741. The first-order valence-corrected chi connectivity index (χ1v) is 8.52. The lowest BCUT2D eigenvalue weighted by Crippen LogP contribution is -2.24. The third kappa shape index (κ3) is 4.38. The molecule has 2 aromatic carbocycles. The number of anilines is 1. The van der Waals surface area contributed by atoms with Gasteiger partial charge in [0.2, 0.25) is 0 Å². The van der Waals surface area contributed by atoms with E-state index in [4.69, 9.17) is 18.6 Å². The highest BCUT2D eigenvalue weighted by Crippen LogP contribution is 2.22. The highest BCUT2D eigenvalue weighted by atomic mass is 16.6. The van der Waals surface area contributed by atoms with Crippen molar-refractivity contribution >= 4 is 23.1 Å². The number of methoxy groups -OCH3 is 2. The van der Waals surface area contributed by atoms with Crippen LogP contribution in [0.25, 0.3) is 11.1 Å². The van der Waals surface area contributed by atoms with Gasteiger partial charge in [0.1, 0.15) is 17.9 Å². The summed E-state index contributed by atoms with van der Waals surface area (Å²) in [4.78, 5) is 18.0. The van der Waals surface area contributed by atoms with E-state index in [0.29, 0.717) is 30.5 Å². The fourth-order valence-electron chi connectivity index (χ4n) is 2.63. The van der Waals surface area contributed by atoms with Gasteiger partial charge < -0.3 is 23.5 Å². The van der Waals surface area contributed by atoms with Gasteiger partial charge in [0.05, 0.1) is 13.7 Å². The van der Waals surface area contributed by atoms with Crippen LogP contribution in [0.2, 0.25) is 0 Å². The van der Waals surface area contributed by atoms with Gasteiger partial charge >= 0.3 is 5.97 Å². The Morgan fingerprint density at radius 3 is 2.56 bits per heavy atom. The van der Waals surface area contributed by atoms with Gasteiger partial charge in [-0.1, -0.05) is 24.3 Å². The summed E-state index contributed by atoms with van der Waals surface area (Å²) in [5.41, 5.74) is 2.30. The van der Waals surface area contributed by atoms with Gasteiger partial charge in [-0.3, -0.25) is 0 Å². The monoisotopic (exact) mass is 370 g/mol. The van der Waals surface area contributed by atoms with E-state index < -0.39 is 12.1 Å². The van der Waals surface area contributed by atoms with Crippen molar-refractivity contribution < 1.29 is 23.4 Å². The number of hydrogen-bond donors (Lipinski definition) is 0. The Morgan fingerprint density at radius 2 is 1.89 bits per heavy atom. The number of esters is 1. The summed E-state index contributed by atoms with van der Waals surface area (Å²) in [5.74, 6) is 0.260. The molecule has 0 aliphatic heterocycles. The van der Waals surface area contributed by atoms with Crippen LogP contribution in [-0.2, 0) is 14.3 Å². The Kier molecular flexibility index (Phi) is 5.93. The maximum absolute atomic E-state index is 11.7. The lowest BCUT2D eigenvalue weighted by molar-refractivity contribution is -0.152. The van der Waals surface area contributed by atoms with E-state index in [2.05, 4.69) is 4.98 Å². The van der Waals surface area contributed by atoms with Crippen molar-refractivity contribution in [3.05, 3.63) is 54.1 Å². The number of carbonyl (C=O) groups excluding carboxylic acids is 1. The molecule has 3 rings (SSSR count). The molecule has 3 aromatic rings. The maximum atomic E-state index is 11.7.